The molecule has 1 heterocycles. The molecule has 24 heavy (non-hydrogen) atoms. The number of nitrogens with zero attached hydrogens (tertiary/aromatic N) is 1. The summed E-state index contributed by atoms with van der Waals surface area (Å²) in [6.07, 6.45) is 0.0763. The molecule has 1 aliphatic heterocycles. The van der Waals surface area contributed by atoms with Crippen LogP contribution >= 0.6 is 23.4 Å². The van der Waals surface area contributed by atoms with E-state index in [4.69, 9.17) is 11.6 Å². The average Bonchev–Trinajstić information content (AvgIpc) is 2.90. The molecule has 1 unspecified atom stereocenters. The molecule has 2 amide bonds. The summed E-state index contributed by atoms with van der Waals surface area (Å²) >= 11 is 7.07. The summed E-state index contributed by atoms with van der Waals surface area (Å²) in [5.74, 6) is -0.438. The summed E-state index contributed by atoms with van der Waals surface area (Å²) in [6.45, 7) is 0. The van der Waals surface area contributed by atoms with E-state index in [1.807, 2.05) is 30.3 Å². The highest BCUT2D eigenvalue weighted by Crippen LogP contribution is 2.25. The lowest BCUT2D eigenvalue weighted by Crippen LogP contribution is -2.28. The predicted octanol–water partition coefficient (Wildman–Crippen LogP) is 3.59. The van der Waals surface area contributed by atoms with Crippen molar-refractivity contribution < 1.29 is 9.59 Å². The molecule has 2 N–H and O–H groups in total. The summed E-state index contributed by atoms with van der Waals surface area (Å²) in [5, 5.41) is 6.08. The van der Waals surface area contributed by atoms with E-state index >= 15 is 0 Å². The molecule has 1 fully saturated rings. The van der Waals surface area contributed by atoms with Crippen molar-refractivity contribution in [3.8, 4) is 0 Å². The molecule has 0 radical (unpaired) electrons. The Morgan fingerprint density at radius 3 is 2.58 bits per heavy atom. The number of aliphatic imine (C=N–C) groups is 1. The first kappa shape index (κ1) is 16.5. The zero-order chi connectivity index (χ0) is 16.9. The number of anilines is 1. The van der Waals surface area contributed by atoms with Crippen LogP contribution in [-0.2, 0) is 9.59 Å². The van der Waals surface area contributed by atoms with Gasteiger partial charge in [-0.05, 0) is 36.4 Å². The molecule has 1 saturated heterocycles. The number of carbonyl (C=O) groups excluding carboxylic acids is 2. The van der Waals surface area contributed by atoms with Gasteiger partial charge in [0.1, 0.15) is 5.25 Å². The number of carbonyl (C=O) groups is 2. The van der Waals surface area contributed by atoms with Gasteiger partial charge in [0.05, 0.1) is 5.69 Å². The quantitative estimate of drug-likeness (QED) is 0.876. The number of thioether (sulfide) groups is 1. The van der Waals surface area contributed by atoms with Crippen molar-refractivity contribution in [1.29, 1.82) is 0 Å². The van der Waals surface area contributed by atoms with E-state index in [2.05, 4.69) is 15.6 Å². The summed E-state index contributed by atoms with van der Waals surface area (Å²) in [6, 6.07) is 16.1. The van der Waals surface area contributed by atoms with Gasteiger partial charge in [-0.3, -0.25) is 9.59 Å². The molecule has 0 spiro atoms. The van der Waals surface area contributed by atoms with Crippen LogP contribution in [0.5, 0.6) is 0 Å². The Hall–Kier alpha value is -2.31. The smallest absolute Gasteiger partial charge is 0.240 e. The lowest BCUT2D eigenvalue weighted by atomic mass is 10.2. The van der Waals surface area contributed by atoms with Crippen molar-refractivity contribution in [2.75, 3.05) is 5.32 Å². The van der Waals surface area contributed by atoms with E-state index in [9.17, 15) is 9.59 Å². The molecule has 0 aliphatic carbocycles. The van der Waals surface area contributed by atoms with E-state index in [1.165, 1.54) is 11.8 Å². The summed E-state index contributed by atoms with van der Waals surface area (Å²) in [5.41, 5.74) is 1.40. The Kier molecular flexibility index (Phi) is 5.17. The minimum Gasteiger partial charge on any atom is -0.326 e. The Morgan fingerprint density at radius 2 is 1.88 bits per heavy atom. The molecule has 122 valence electrons. The molecule has 0 bridgehead atoms. The van der Waals surface area contributed by atoms with Crippen LogP contribution in [0, 0.1) is 0 Å². The van der Waals surface area contributed by atoms with Crippen LogP contribution < -0.4 is 10.6 Å². The Morgan fingerprint density at radius 1 is 1.17 bits per heavy atom. The SMILES string of the molecule is O=C(CC1SC(=Nc2ccccc2)NC1=O)Nc1ccc(Cl)cc1. The van der Waals surface area contributed by atoms with Crippen LogP contribution in [0.25, 0.3) is 0 Å². The van der Waals surface area contributed by atoms with Crippen LogP contribution in [0.2, 0.25) is 5.02 Å². The fourth-order valence-corrected chi connectivity index (χ4v) is 3.24. The highest BCUT2D eigenvalue weighted by atomic mass is 35.5. The number of nitrogens with one attached hydrogen (secondary N) is 2. The van der Waals surface area contributed by atoms with Crippen molar-refractivity contribution in [3.05, 3.63) is 59.6 Å². The molecule has 3 rings (SSSR count). The third-order valence-electron chi connectivity index (χ3n) is 3.26. The summed E-state index contributed by atoms with van der Waals surface area (Å²) in [4.78, 5) is 28.4. The van der Waals surface area contributed by atoms with Crippen LogP contribution in [0.4, 0.5) is 11.4 Å². The number of amides is 2. The fourth-order valence-electron chi connectivity index (χ4n) is 2.13. The number of benzene rings is 2. The van der Waals surface area contributed by atoms with Crippen molar-refractivity contribution in [3.63, 3.8) is 0 Å². The normalized spacial score (nSPS) is 18.5. The molecule has 0 aromatic heterocycles. The van der Waals surface area contributed by atoms with Gasteiger partial charge >= 0.3 is 0 Å². The summed E-state index contributed by atoms with van der Waals surface area (Å²) < 4.78 is 0. The van der Waals surface area contributed by atoms with Gasteiger partial charge in [0.15, 0.2) is 5.17 Å². The van der Waals surface area contributed by atoms with Crippen molar-refractivity contribution in [1.82, 2.24) is 5.32 Å². The van der Waals surface area contributed by atoms with Crippen molar-refractivity contribution in [2.45, 2.75) is 11.7 Å². The van der Waals surface area contributed by atoms with E-state index in [0.29, 0.717) is 15.9 Å². The molecule has 5 nitrogen and oxygen atoms in total. The maximum atomic E-state index is 12.1. The second-order valence-electron chi connectivity index (χ2n) is 5.11. The number of halogens is 1. The van der Waals surface area contributed by atoms with Crippen molar-refractivity contribution in [2.24, 2.45) is 4.99 Å². The molecule has 2 aromatic rings. The number of hydrogen-bond acceptors (Lipinski definition) is 4. The zero-order valence-electron chi connectivity index (χ0n) is 12.5. The first-order chi connectivity index (χ1) is 11.6. The largest absolute Gasteiger partial charge is 0.326 e. The van der Waals surface area contributed by atoms with E-state index in [0.717, 1.165) is 5.69 Å². The van der Waals surface area contributed by atoms with Gasteiger partial charge in [-0.2, -0.15) is 0 Å². The second kappa shape index (κ2) is 7.51. The Labute approximate surface area is 148 Å². The minimum atomic E-state index is -0.486. The molecular formula is C17H14ClN3O2S. The third-order valence-corrected chi connectivity index (χ3v) is 4.60. The van der Waals surface area contributed by atoms with Gasteiger partial charge in [0.25, 0.3) is 0 Å². The highest BCUT2D eigenvalue weighted by molar-refractivity contribution is 8.15. The lowest BCUT2D eigenvalue weighted by molar-refractivity contribution is -0.122. The topological polar surface area (TPSA) is 70.6 Å². The molecule has 1 aliphatic rings. The monoisotopic (exact) mass is 359 g/mol. The molecule has 0 saturated carbocycles. The maximum Gasteiger partial charge on any atom is 0.240 e. The second-order valence-corrected chi connectivity index (χ2v) is 6.74. The number of rotatable bonds is 4. The lowest BCUT2D eigenvalue weighted by Gasteiger charge is -2.07. The first-order valence-electron chi connectivity index (χ1n) is 7.27. The van der Waals surface area contributed by atoms with E-state index < -0.39 is 5.25 Å². The maximum absolute atomic E-state index is 12.1. The van der Waals surface area contributed by atoms with Crippen molar-refractivity contribution >= 4 is 51.7 Å². The highest BCUT2D eigenvalue weighted by Gasteiger charge is 2.32. The zero-order valence-corrected chi connectivity index (χ0v) is 14.1. The van der Waals surface area contributed by atoms with Crippen LogP contribution in [0.15, 0.2) is 59.6 Å². The van der Waals surface area contributed by atoms with E-state index in [1.54, 1.807) is 24.3 Å². The average molecular weight is 360 g/mol. The van der Waals surface area contributed by atoms with Gasteiger partial charge in [0, 0.05) is 17.1 Å². The molecule has 2 aromatic carbocycles. The van der Waals surface area contributed by atoms with Gasteiger partial charge in [0.2, 0.25) is 11.8 Å². The first-order valence-corrected chi connectivity index (χ1v) is 8.52. The Bertz CT molecular complexity index is 778. The van der Waals surface area contributed by atoms with Crippen LogP contribution in [-0.4, -0.2) is 22.2 Å². The van der Waals surface area contributed by atoms with Gasteiger partial charge in [-0.1, -0.05) is 41.6 Å². The standard InChI is InChI=1S/C17H14ClN3O2S/c18-11-6-8-13(9-7-11)19-15(22)10-14-16(23)21-17(24-14)20-12-4-2-1-3-5-12/h1-9,14H,10H2,(H,19,22)(H,20,21,23). The molecule has 1 atom stereocenters. The summed E-state index contributed by atoms with van der Waals surface area (Å²) in [7, 11) is 0. The van der Waals surface area contributed by atoms with Crippen LogP contribution in [0.3, 0.4) is 0 Å². The molecule has 7 heteroatoms. The number of hydrogen-bond donors (Lipinski definition) is 2. The van der Waals surface area contributed by atoms with Gasteiger partial charge < -0.3 is 10.6 Å². The third kappa shape index (κ3) is 4.37. The fraction of sp³-hybridized carbons (Fsp3) is 0.118. The van der Waals surface area contributed by atoms with Gasteiger partial charge in [-0.15, -0.1) is 0 Å². The number of para-hydroxylation sites is 1. The van der Waals surface area contributed by atoms with Crippen LogP contribution in [0.1, 0.15) is 6.42 Å². The molecular weight excluding hydrogens is 346 g/mol. The Balaban J connectivity index is 1.59. The minimum absolute atomic E-state index is 0.0763. The van der Waals surface area contributed by atoms with E-state index in [-0.39, 0.29) is 18.2 Å². The van der Waals surface area contributed by atoms with Gasteiger partial charge in [-0.25, -0.2) is 4.99 Å². The predicted molar refractivity (Wildman–Crippen MR) is 97.8 cm³/mol. The number of amidine groups is 1.